The first-order valence-corrected chi connectivity index (χ1v) is 10.7. The van der Waals surface area contributed by atoms with Crippen molar-refractivity contribution in [1.29, 1.82) is 0 Å². The Morgan fingerprint density at radius 2 is 1.66 bits per heavy atom. The van der Waals surface area contributed by atoms with Crippen LogP contribution in [0.4, 0.5) is 5.69 Å². The van der Waals surface area contributed by atoms with Crippen LogP contribution >= 0.6 is 12.2 Å². The molecule has 3 N–H and O–H groups in total. The second-order valence-electron chi connectivity index (χ2n) is 7.59. The molecule has 3 aromatic carbocycles. The number of anilines is 1. The molecule has 1 aromatic heterocycles. The first kappa shape index (κ1) is 21.6. The van der Waals surface area contributed by atoms with Crippen LogP contribution in [-0.4, -0.2) is 29.3 Å². The summed E-state index contributed by atoms with van der Waals surface area (Å²) in [6.45, 7) is 4.80. The zero-order chi connectivity index (χ0) is 22.7. The summed E-state index contributed by atoms with van der Waals surface area (Å²) in [5.74, 6) is 1.94. The van der Waals surface area contributed by atoms with Gasteiger partial charge in [-0.2, -0.15) is 0 Å². The van der Waals surface area contributed by atoms with E-state index in [-0.39, 0.29) is 0 Å². The summed E-state index contributed by atoms with van der Waals surface area (Å²) >= 11 is 5.56. The number of aromatic nitrogens is 2. The van der Waals surface area contributed by atoms with Crippen LogP contribution in [0.3, 0.4) is 0 Å². The van der Waals surface area contributed by atoms with Crippen LogP contribution in [0, 0.1) is 13.8 Å². The Morgan fingerprint density at radius 1 is 0.969 bits per heavy atom. The molecule has 0 fully saturated rings. The Labute approximate surface area is 193 Å². The van der Waals surface area contributed by atoms with Crippen molar-refractivity contribution in [2.45, 2.75) is 20.4 Å². The second kappa shape index (κ2) is 9.28. The number of nitrogens with one attached hydrogen (secondary N) is 3. The molecule has 0 aliphatic heterocycles. The average molecular weight is 447 g/mol. The molecule has 0 saturated heterocycles. The van der Waals surface area contributed by atoms with Gasteiger partial charge in [-0.25, -0.2) is 4.98 Å². The molecular formula is C25H26N4O2S. The third kappa shape index (κ3) is 4.53. The van der Waals surface area contributed by atoms with E-state index < -0.39 is 0 Å². The third-order valence-electron chi connectivity index (χ3n) is 5.42. The Bertz CT molecular complexity index is 1230. The van der Waals surface area contributed by atoms with E-state index in [2.05, 4.69) is 53.7 Å². The van der Waals surface area contributed by atoms with Crippen molar-refractivity contribution in [3.05, 3.63) is 71.3 Å². The van der Waals surface area contributed by atoms with Gasteiger partial charge in [0.25, 0.3) is 0 Å². The Morgan fingerprint density at radius 3 is 2.38 bits per heavy atom. The molecule has 0 aliphatic rings. The van der Waals surface area contributed by atoms with E-state index in [1.807, 2.05) is 30.3 Å². The molecular weight excluding hydrogens is 420 g/mol. The van der Waals surface area contributed by atoms with Crippen LogP contribution in [0.1, 0.15) is 16.7 Å². The average Bonchev–Trinajstić information content (AvgIpc) is 3.20. The summed E-state index contributed by atoms with van der Waals surface area (Å²) in [6.07, 6.45) is 0. The van der Waals surface area contributed by atoms with Gasteiger partial charge in [-0.1, -0.05) is 30.3 Å². The molecule has 0 bridgehead atoms. The van der Waals surface area contributed by atoms with Gasteiger partial charge < -0.3 is 25.1 Å². The molecule has 7 heteroatoms. The highest BCUT2D eigenvalue weighted by molar-refractivity contribution is 7.80. The lowest BCUT2D eigenvalue weighted by molar-refractivity contribution is 0.355. The number of rotatable bonds is 6. The van der Waals surface area contributed by atoms with Gasteiger partial charge >= 0.3 is 0 Å². The number of methoxy groups -OCH3 is 2. The number of aryl methyl sites for hydroxylation is 2. The zero-order valence-corrected chi connectivity index (χ0v) is 19.4. The molecule has 0 radical (unpaired) electrons. The highest BCUT2D eigenvalue weighted by atomic mass is 32.1. The van der Waals surface area contributed by atoms with Gasteiger partial charge in [-0.15, -0.1) is 0 Å². The first-order chi connectivity index (χ1) is 15.5. The van der Waals surface area contributed by atoms with Gasteiger partial charge in [0.2, 0.25) is 0 Å². The third-order valence-corrected chi connectivity index (χ3v) is 5.67. The summed E-state index contributed by atoms with van der Waals surface area (Å²) in [7, 11) is 3.23. The van der Waals surface area contributed by atoms with Crippen molar-refractivity contribution in [1.82, 2.24) is 15.3 Å². The topological polar surface area (TPSA) is 71.2 Å². The zero-order valence-electron chi connectivity index (χ0n) is 18.6. The Balaban J connectivity index is 1.69. The standard InChI is InChI=1S/C25H26N4O2S/c1-15-10-20-21(11-16(15)2)28-24(27-20)18-12-22(30-3)23(31-4)13-19(18)29-25(32)26-14-17-8-6-5-7-9-17/h5-13H,14H2,1-4H3,(H,27,28)(H2,26,29,32). The smallest absolute Gasteiger partial charge is 0.171 e. The quantitative estimate of drug-likeness (QED) is 0.347. The Kier molecular flexibility index (Phi) is 6.28. The maximum absolute atomic E-state index is 5.56. The molecule has 0 unspecified atom stereocenters. The van der Waals surface area contributed by atoms with Crippen molar-refractivity contribution < 1.29 is 9.47 Å². The summed E-state index contributed by atoms with van der Waals surface area (Å²) in [5.41, 5.74) is 7.05. The van der Waals surface area contributed by atoms with E-state index >= 15 is 0 Å². The number of H-pyrrole nitrogens is 1. The highest BCUT2D eigenvalue weighted by Gasteiger charge is 2.17. The van der Waals surface area contributed by atoms with Crippen LogP contribution < -0.4 is 20.1 Å². The molecule has 4 rings (SSSR count). The van der Waals surface area contributed by atoms with E-state index in [0.29, 0.717) is 23.2 Å². The molecule has 0 amide bonds. The van der Waals surface area contributed by atoms with Crippen molar-refractivity contribution >= 4 is 34.1 Å². The van der Waals surface area contributed by atoms with Crippen LogP contribution in [0.25, 0.3) is 22.4 Å². The molecule has 0 spiro atoms. The molecule has 0 aliphatic carbocycles. The number of hydrogen-bond donors (Lipinski definition) is 3. The second-order valence-corrected chi connectivity index (χ2v) is 7.99. The van der Waals surface area contributed by atoms with Gasteiger partial charge in [-0.3, -0.25) is 0 Å². The van der Waals surface area contributed by atoms with Gasteiger partial charge in [0.05, 0.1) is 30.9 Å². The van der Waals surface area contributed by atoms with E-state index in [1.54, 1.807) is 14.2 Å². The van der Waals surface area contributed by atoms with Crippen LogP contribution in [-0.2, 0) is 6.54 Å². The molecule has 6 nitrogen and oxygen atoms in total. The van der Waals surface area contributed by atoms with E-state index in [1.165, 1.54) is 11.1 Å². The van der Waals surface area contributed by atoms with E-state index in [4.69, 9.17) is 26.7 Å². The fourth-order valence-corrected chi connectivity index (χ4v) is 3.70. The van der Waals surface area contributed by atoms with Crippen molar-refractivity contribution in [3.63, 3.8) is 0 Å². The minimum Gasteiger partial charge on any atom is -0.493 e. The molecule has 32 heavy (non-hydrogen) atoms. The van der Waals surface area contributed by atoms with Crippen molar-refractivity contribution in [2.75, 3.05) is 19.5 Å². The fraction of sp³-hybridized carbons (Fsp3) is 0.200. The predicted octanol–water partition coefficient (Wildman–Crippen LogP) is 5.35. The summed E-state index contributed by atoms with van der Waals surface area (Å²) in [4.78, 5) is 8.25. The minimum absolute atomic E-state index is 0.505. The molecule has 4 aromatic rings. The summed E-state index contributed by atoms with van der Waals surface area (Å²) in [5, 5.41) is 7.05. The fourth-order valence-electron chi connectivity index (χ4n) is 3.52. The lowest BCUT2D eigenvalue weighted by Gasteiger charge is -2.16. The monoisotopic (exact) mass is 446 g/mol. The molecule has 0 atom stereocenters. The molecule has 0 saturated carbocycles. The largest absolute Gasteiger partial charge is 0.493 e. The summed E-state index contributed by atoms with van der Waals surface area (Å²) in [6, 6.07) is 18.1. The van der Waals surface area contributed by atoms with Gasteiger partial charge in [0.15, 0.2) is 16.6 Å². The number of nitrogens with zero attached hydrogens (tertiary/aromatic N) is 1. The number of imidazole rings is 1. The van der Waals surface area contributed by atoms with Crippen molar-refractivity contribution in [2.24, 2.45) is 0 Å². The number of hydrogen-bond acceptors (Lipinski definition) is 4. The van der Waals surface area contributed by atoms with Crippen LogP contribution in [0.15, 0.2) is 54.6 Å². The number of aromatic amines is 1. The number of fused-ring (bicyclic) bond motifs is 1. The van der Waals surface area contributed by atoms with Gasteiger partial charge in [0.1, 0.15) is 5.82 Å². The lowest BCUT2D eigenvalue weighted by atomic mass is 10.1. The maximum atomic E-state index is 5.56. The first-order valence-electron chi connectivity index (χ1n) is 10.3. The normalized spacial score (nSPS) is 10.8. The number of thiocarbonyl (C=S) groups is 1. The van der Waals surface area contributed by atoms with Crippen LogP contribution in [0.2, 0.25) is 0 Å². The molecule has 1 heterocycles. The van der Waals surface area contributed by atoms with Crippen LogP contribution in [0.5, 0.6) is 11.5 Å². The maximum Gasteiger partial charge on any atom is 0.171 e. The van der Waals surface area contributed by atoms with Crippen molar-refractivity contribution in [3.8, 4) is 22.9 Å². The van der Waals surface area contributed by atoms with E-state index in [9.17, 15) is 0 Å². The summed E-state index contributed by atoms with van der Waals surface area (Å²) < 4.78 is 11.0. The highest BCUT2D eigenvalue weighted by Crippen LogP contribution is 2.38. The van der Waals surface area contributed by atoms with E-state index in [0.717, 1.165) is 33.7 Å². The molecule has 164 valence electrons. The lowest BCUT2D eigenvalue weighted by Crippen LogP contribution is -2.28. The minimum atomic E-state index is 0.505. The SMILES string of the molecule is COc1cc(NC(=S)NCc2ccccc2)c(-c2nc3cc(C)c(C)cc3[nH]2)cc1OC. The predicted molar refractivity (Wildman–Crippen MR) is 134 cm³/mol. The number of ether oxygens (including phenoxy) is 2. The number of benzene rings is 3. The van der Waals surface area contributed by atoms with Gasteiger partial charge in [-0.05, 0) is 61.0 Å². The Hall–Kier alpha value is -3.58. The van der Waals surface area contributed by atoms with Gasteiger partial charge in [0, 0.05) is 18.2 Å².